The van der Waals surface area contributed by atoms with Crippen molar-refractivity contribution in [2.24, 2.45) is 0 Å². The van der Waals surface area contributed by atoms with Gasteiger partial charge in [0.25, 0.3) is 0 Å². The molecule has 3 heterocycles. The Bertz CT molecular complexity index is 762. The number of thioether (sulfide) groups is 1. The number of carbonyl (C=O) groups is 1. The molecule has 2 aromatic rings. The topological polar surface area (TPSA) is 87.3 Å². The molecule has 3 rings (SSSR count). The van der Waals surface area contributed by atoms with Crippen LogP contribution >= 0.6 is 23.1 Å². The van der Waals surface area contributed by atoms with Crippen molar-refractivity contribution < 1.29 is 14.3 Å². The second kappa shape index (κ2) is 6.26. The summed E-state index contributed by atoms with van der Waals surface area (Å²) in [6.07, 6.45) is 1.76. The lowest BCUT2D eigenvalue weighted by molar-refractivity contribution is -0.137. The first-order valence-electron chi connectivity index (χ1n) is 7.37. The van der Waals surface area contributed by atoms with Gasteiger partial charge in [-0.3, -0.25) is 4.79 Å². The molecule has 6 nitrogen and oxygen atoms in total. The zero-order valence-corrected chi connectivity index (χ0v) is 15.0. The van der Waals surface area contributed by atoms with E-state index in [0.29, 0.717) is 17.6 Å². The fourth-order valence-electron chi connectivity index (χ4n) is 2.55. The van der Waals surface area contributed by atoms with Crippen molar-refractivity contribution in [2.75, 3.05) is 18.6 Å². The maximum Gasteiger partial charge on any atom is 0.316 e. The highest BCUT2D eigenvalue weighted by Gasteiger charge is 2.33. The number of rotatable bonds is 4. The lowest BCUT2D eigenvalue weighted by atomic mass is 9.90. The number of thiophene rings is 1. The molecule has 0 amide bonds. The number of hydrogen-bond acceptors (Lipinski definition) is 8. The zero-order valence-electron chi connectivity index (χ0n) is 13.3. The van der Waals surface area contributed by atoms with Gasteiger partial charge in [-0.15, -0.1) is 11.3 Å². The maximum atomic E-state index is 11.3. The van der Waals surface area contributed by atoms with E-state index in [2.05, 4.69) is 28.6 Å². The average molecular weight is 353 g/mol. The van der Waals surface area contributed by atoms with E-state index in [4.69, 9.17) is 10.5 Å². The van der Waals surface area contributed by atoms with Gasteiger partial charge in [-0.25, -0.2) is 9.97 Å². The molecule has 0 spiro atoms. The largest absolute Gasteiger partial charge is 0.468 e. The van der Waals surface area contributed by atoms with Crippen molar-refractivity contribution >= 4 is 45.1 Å². The highest BCUT2D eigenvalue weighted by molar-refractivity contribution is 7.99. The van der Waals surface area contributed by atoms with Crippen LogP contribution in [0.1, 0.15) is 30.7 Å². The molecule has 0 saturated heterocycles. The van der Waals surface area contributed by atoms with E-state index >= 15 is 0 Å². The van der Waals surface area contributed by atoms with Gasteiger partial charge in [0.1, 0.15) is 10.6 Å². The number of fused-ring (bicyclic) bond motifs is 3. The van der Waals surface area contributed by atoms with Crippen molar-refractivity contribution in [3.05, 3.63) is 10.4 Å². The Morgan fingerprint density at radius 1 is 1.52 bits per heavy atom. The van der Waals surface area contributed by atoms with Crippen LogP contribution in [0.15, 0.2) is 5.16 Å². The van der Waals surface area contributed by atoms with E-state index in [9.17, 15) is 4.79 Å². The molecule has 0 fully saturated rings. The van der Waals surface area contributed by atoms with E-state index in [1.54, 1.807) is 11.3 Å². The highest BCUT2D eigenvalue weighted by atomic mass is 32.2. The van der Waals surface area contributed by atoms with Crippen molar-refractivity contribution in [1.29, 1.82) is 0 Å². The molecule has 0 aromatic carbocycles. The number of nitrogen functional groups attached to an aromatic ring is 1. The summed E-state index contributed by atoms with van der Waals surface area (Å²) in [5, 5.41) is 1.44. The number of ether oxygens (including phenoxy) is 2. The van der Waals surface area contributed by atoms with Crippen LogP contribution in [0.3, 0.4) is 0 Å². The second-order valence-corrected chi connectivity index (χ2v) is 7.74. The quantitative estimate of drug-likeness (QED) is 0.514. The first-order chi connectivity index (χ1) is 11.0. The minimum atomic E-state index is -0.310. The summed E-state index contributed by atoms with van der Waals surface area (Å²) in [6, 6.07) is 0. The summed E-state index contributed by atoms with van der Waals surface area (Å²) in [6.45, 7) is 4.84. The van der Waals surface area contributed by atoms with E-state index in [1.165, 1.54) is 29.3 Å². The van der Waals surface area contributed by atoms with Crippen LogP contribution in [0.2, 0.25) is 0 Å². The van der Waals surface area contributed by atoms with Crippen molar-refractivity contribution in [2.45, 2.75) is 44.1 Å². The van der Waals surface area contributed by atoms with Gasteiger partial charge in [-0.1, -0.05) is 18.7 Å². The molecule has 2 N–H and O–H groups in total. The van der Waals surface area contributed by atoms with Crippen LogP contribution in [-0.2, 0) is 27.3 Å². The first-order valence-corrected chi connectivity index (χ1v) is 9.17. The van der Waals surface area contributed by atoms with E-state index < -0.39 is 0 Å². The van der Waals surface area contributed by atoms with Crippen LogP contribution in [0.25, 0.3) is 10.2 Å². The van der Waals surface area contributed by atoms with Crippen LogP contribution < -0.4 is 5.73 Å². The number of nitrogens with zero attached hydrogens (tertiary/aromatic N) is 2. The number of carbonyl (C=O) groups excluding carboxylic acids is 1. The monoisotopic (exact) mass is 353 g/mol. The van der Waals surface area contributed by atoms with E-state index in [1.807, 2.05) is 0 Å². The summed E-state index contributed by atoms with van der Waals surface area (Å²) >= 11 is 2.82. The molecule has 1 aliphatic rings. The van der Waals surface area contributed by atoms with Gasteiger partial charge in [0, 0.05) is 11.3 Å². The highest BCUT2D eigenvalue weighted by Crippen LogP contribution is 2.41. The Morgan fingerprint density at radius 3 is 3.00 bits per heavy atom. The molecule has 1 aliphatic heterocycles. The second-order valence-electron chi connectivity index (χ2n) is 5.71. The zero-order chi connectivity index (χ0) is 16.6. The normalized spacial score (nSPS) is 20.5. The standard InChI is InChI=1S/C15H19N3O3S2/c1-4-15(2)5-8-9(6-21-15)23-13-11(8)12(16)17-14(18-13)22-7-10(19)20-3/h4-7H2,1-3H3,(H2,16,17,18). The molecule has 8 heteroatoms. The van der Waals surface area contributed by atoms with Crippen LogP contribution in [0.4, 0.5) is 5.82 Å². The van der Waals surface area contributed by atoms with Gasteiger partial charge < -0.3 is 15.2 Å². The molecule has 0 radical (unpaired) electrons. The molecular formula is C15H19N3O3S2. The summed E-state index contributed by atoms with van der Waals surface area (Å²) in [4.78, 5) is 22.2. The number of esters is 1. The molecule has 2 aromatic heterocycles. The van der Waals surface area contributed by atoms with Crippen LogP contribution in [0, 0.1) is 0 Å². The predicted molar refractivity (Wildman–Crippen MR) is 91.8 cm³/mol. The fraction of sp³-hybridized carbons (Fsp3) is 0.533. The Labute approximate surface area is 142 Å². The van der Waals surface area contributed by atoms with Crippen LogP contribution in [0.5, 0.6) is 0 Å². The third-order valence-electron chi connectivity index (χ3n) is 4.14. The summed E-state index contributed by atoms with van der Waals surface area (Å²) in [5.74, 6) is 0.332. The van der Waals surface area contributed by atoms with Gasteiger partial charge in [-0.2, -0.15) is 0 Å². The smallest absolute Gasteiger partial charge is 0.316 e. The lowest BCUT2D eigenvalue weighted by Gasteiger charge is -2.33. The fourth-order valence-corrected chi connectivity index (χ4v) is 4.41. The number of methoxy groups -OCH3 is 1. The molecule has 1 atom stereocenters. The predicted octanol–water partition coefficient (Wildman–Crippen LogP) is 2.78. The Kier molecular flexibility index (Phi) is 4.48. The molecular weight excluding hydrogens is 334 g/mol. The number of hydrogen-bond donors (Lipinski definition) is 1. The summed E-state index contributed by atoms with van der Waals surface area (Å²) < 4.78 is 10.6. The number of anilines is 1. The molecule has 1 unspecified atom stereocenters. The minimum Gasteiger partial charge on any atom is -0.468 e. The molecule has 0 aliphatic carbocycles. The minimum absolute atomic E-state index is 0.161. The molecule has 23 heavy (non-hydrogen) atoms. The third kappa shape index (κ3) is 3.15. The van der Waals surface area contributed by atoms with E-state index in [0.717, 1.165) is 23.1 Å². The van der Waals surface area contributed by atoms with Gasteiger partial charge in [-0.05, 0) is 18.9 Å². The van der Waals surface area contributed by atoms with Crippen molar-refractivity contribution in [1.82, 2.24) is 9.97 Å². The summed E-state index contributed by atoms with van der Waals surface area (Å²) in [7, 11) is 1.36. The Balaban J connectivity index is 1.96. The number of nitrogens with two attached hydrogens (primary N) is 1. The maximum absolute atomic E-state index is 11.3. The average Bonchev–Trinajstić information content (AvgIpc) is 2.90. The Hall–Kier alpha value is -1.38. The van der Waals surface area contributed by atoms with Crippen LogP contribution in [-0.4, -0.2) is 34.4 Å². The third-order valence-corrected chi connectivity index (χ3v) is 6.06. The first kappa shape index (κ1) is 16.5. The summed E-state index contributed by atoms with van der Waals surface area (Å²) in [5.41, 5.74) is 7.23. The number of aromatic nitrogens is 2. The van der Waals surface area contributed by atoms with Gasteiger partial charge in [0.15, 0.2) is 5.16 Å². The van der Waals surface area contributed by atoms with Gasteiger partial charge >= 0.3 is 5.97 Å². The molecule has 0 saturated carbocycles. The molecule has 124 valence electrons. The van der Waals surface area contributed by atoms with Gasteiger partial charge in [0.05, 0.1) is 30.5 Å². The lowest BCUT2D eigenvalue weighted by Crippen LogP contribution is -2.33. The Morgan fingerprint density at radius 2 is 2.30 bits per heavy atom. The van der Waals surface area contributed by atoms with Crippen molar-refractivity contribution in [3.63, 3.8) is 0 Å². The molecule has 0 bridgehead atoms. The SMILES string of the molecule is CCC1(C)Cc2c(sc3nc(SCC(=O)OC)nc(N)c23)CO1. The van der Waals surface area contributed by atoms with E-state index in [-0.39, 0.29) is 17.3 Å². The van der Waals surface area contributed by atoms with Gasteiger partial charge in [0.2, 0.25) is 0 Å². The van der Waals surface area contributed by atoms with Crippen molar-refractivity contribution in [3.8, 4) is 0 Å².